The number of nitrogens with zero attached hydrogens (tertiary/aromatic N) is 4. The van der Waals surface area contributed by atoms with Gasteiger partial charge in [-0.25, -0.2) is 17.8 Å². The second-order valence-corrected chi connectivity index (χ2v) is 14.8. The zero-order chi connectivity index (χ0) is 31.9. The molecule has 0 bridgehead atoms. The lowest BCUT2D eigenvalue weighted by molar-refractivity contribution is -0.117. The van der Waals surface area contributed by atoms with E-state index >= 15 is 0 Å². The van der Waals surface area contributed by atoms with Crippen LogP contribution < -0.4 is 5.32 Å². The first-order valence-corrected chi connectivity index (χ1v) is 16.4. The minimum Gasteiger partial charge on any atom is -0.352 e. The van der Waals surface area contributed by atoms with E-state index in [0.29, 0.717) is 40.1 Å². The zero-order valence-electron chi connectivity index (χ0n) is 25.3. The number of hydrogen-bond donors (Lipinski definition) is 3. The highest BCUT2D eigenvalue weighted by atomic mass is 32.2. The molecule has 0 unspecified atom stereocenters. The first-order chi connectivity index (χ1) is 21.3. The fraction of sp³-hybridized carbons (Fsp3) is 0.242. The lowest BCUT2D eigenvalue weighted by atomic mass is 9.92. The molecule has 5 aromatic heterocycles. The predicted molar refractivity (Wildman–Crippen MR) is 174 cm³/mol. The topological polar surface area (TPSA) is 146 Å². The summed E-state index contributed by atoms with van der Waals surface area (Å²) in [6, 6.07) is 10.3. The molecule has 0 aliphatic heterocycles. The van der Waals surface area contributed by atoms with E-state index in [0.717, 1.165) is 33.1 Å². The molecule has 0 radical (unpaired) electrons. The monoisotopic (exact) mass is 625 g/mol. The van der Waals surface area contributed by atoms with Crippen molar-refractivity contribution in [2.45, 2.75) is 33.6 Å². The van der Waals surface area contributed by atoms with E-state index in [9.17, 15) is 17.6 Å². The van der Waals surface area contributed by atoms with Gasteiger partial charge in [0, 0.05) is 58.7 Å². The first-order valence-electron chi connectivity index (χ1n) is 14.4. The van der Waals surface area contributed by atoms with Crippen LogP contribution in [0.5, 0.6) is 0 Å². The summed E-state index contributed by atoms with van der Waals surface area (Å²) in [5.41, 5.74) is 6.63. The van der Waals surface area contributed by atoms with Gasteiger partial charge in [0.2, 0.25) is 5.91 Å². The molecular weight excluding hydrogens is 593 g/mol. The molecule has 12 heteroatoms. The summed E-state index contributed by atoms with van der Waals surface area (Å²) >= 11 is 0. The average molecular weight is 626 g/mol. The summed E-state index contributed by atoms with van der Waals surface area (Å²) in [4.78, 5) is 29.1. The highest BCUT2D eigenvalue weighted by Crippen LogP contribution is 2.35. The van der Waals surface area contributed by atoms with Gasteiger partial charge in [0.1, 0.15) is 15.7 Å². The number of aryl methyl sites for hydroxylation is 1. The number of H-pyrrole nitrogens is 2. The fourth-order valence-corrected chi connectivity index (χ4v) is 5.89. The highest BCUT2D eigenvalue weighted by molar-refractivity contribution is 7.90. The maximum Gasteiger partial charge on any atom is 0.224 e. The van der Waals surface area contributed by atoms with Gasteiger partial charge in [-0.1, -0.05) is 26.8 Å². The second kappa shape index (κ2) is 11.5. The van der Waals surface area contributed by atoms with Gasteiger partial charge in [-0.05, 0) is 53.3 Å². The Morgan fingerprint density at radius 2 is 1.69 bits per heavy atom. The molecule has 0 saturated heterocycles. The van der Waals surface area contributed by atoms with Crippen molar-refractivity contribution in [3.63, 3.8) is 0 Å². The number of benzene rings is 1. The molecule has 45 heavy (non-hydrogen) atoms. The Kier molecular flexibility index (Phi) is 7.69. The third kappa shape index (κ3) is 6.91. The number of carbonyl (C=O) groups excluding carboxylic acids is 1. The van der Waals surface area contributed by atoms with Crippen LogP contribution in [0.1, 0.15) is 32.8 Å². The van der Waals surface area contributed by atoms with E-state index < -0.39 is 15.7 Å². The summed E-state index contributed by atoms with van der Waals surface area (Å²) < 4.78 is 38.0. The Morgan fingerprint density at radius 3 is 2.47 bits per heavy atom. The first kappa shape index (κ1) is 30.1. The number of rotatable bonds is 8. The van der Waals surface area contributed by atoms with Gasteiger partial charge in [-0.2, -0.15) is 5.10 Å². The molecule has 6 rings (SSSR count). The normalized spacial score (nSPS) is 12.2. The van der Waals surface area contributed by atoms with Crippen molar-refractivity contribution in [1.29, 1.82) is 0 Å². The smallest absolute Gasteiger partial charge is 0.224 e. The van der Waals surface area contributed by atoms with E-state index in [-0.39, 0.29) is 23.5 Å². The van der Waals surface area contributed by atoms with Crippen LogP contribution in [0, 0.1) is 11.2 Å². The van der Waals surface area contributed by atoms with Gasteiger partial charge in [0.25, 0.3) is 0 Å². The van der Waals surface area contributed by atoms with Crippen LogP contribution in [0.4, 0.5) is 10.1 Å². The van der Waals surface area contributed by atoms with Crippen LogP contribution in [0.25, 0.3) is 55.6 Å². The minimum atomic E-state index is -3.20. The molecule has 6 aromatic rings. The molecule has 0 aliphatic rings. The molecule has 5 heterocycles. The van der Waals surface area contributed by atoms with E-state index in [1.165, 1.54) is 18.4 Å². The standard InChI is InChI=1S/C33H32FN7O3S/c1-33(2,3)13-30(42)38-24-10-21(14-35-16-24)22-11-26-31(40-41-32(26)37-15-22)28-12-25-27(17-36-18-29(25)39-28)20-7-19(8-23(34)9-20)5-6-45(4,43)44/h7-12,14-18,39H,5-6,13H2,1-4H3,(H,38,42)(H,37,40,41). The van der Waals surface area contributed by atoms with Crippen LogP contribution in [0.15, 0.2) is 67.4 Å². The minimum absolute atomic E-state index is 0.0677. The number of sulfone groups is 1. The van der Waals surface area contributed by atoms with Crippen molar-refractivity contribution >= 4 is 43.4 Å². The van der Waals surface area contributed by atoms with Gasteiger partial charge in [-0.3, -0.25) is 19.9 Å². The largest absolute Gasteiger partial charge is 0.352 e. The van der Waals surface area contributed by atoms with Crippen LogP contribution >= 0.6 is 0 Å². The van der Waals surface area contributed by atoms with Gasteiger partial charge in [-0.15, -0.1) is 0 Å². The summed E-state index contributed by atoms with van der Waals surface area (Å²) in [5, 5.41) is 12.0. The number of amides is 1. The number of carbonyl (C=O) groups is 1. The summed E-state index contributed by atoms with van der Waals surface area (Å²) in [6.07, 6.45) is 10.2. The number of hydrogen-bond acceptors (Lipinski definition) is 7. The molecule has 1 aromatic carbocycles. The molecule has 0 spiro atoms. The van der Waals surface area contributed by atoms with E-state index in [4.69, 9.17) is 0 Å². The third-order valence-electron chi connectivity index (χ3n) is 7.30. The molecule has 0 saturated carbocycles. The molecule has 0 aliphatic carbocycles. The number of fused-ring (bicyclic) bond motifs is 2. The van der Waals surface area contributed by atoms with Crippen molar-refractivity contribution in [2.75, 3.05) is 17.3 Å². The predicted octanol–water partition coefficient (Wildman–Crippen LogP) is 6.33. The van der Waals surface area contributed by atoms with Crippen molar-refractivity contribution in [3.05, 3.63) is 78.8 Å². The summed E-state index contributed by atoms with van der Waals surface area (Å²) in [6.45, 7) is 6.03. The van der Waals surface area contributed by atoms with E-state index in [1.807, 2.05) is 39.0 Å². The second-order valence-electron chi connectivity index (χ2n) is 12.5. The third-order valence-corrected chi connectivity index (χ3v) is 8.25. The highest BCUT2D eigenvalue weighted by Gasteiger charge is 2.18. The van der Waals surface area contributed by atoms with Crippen molar-refractivity contribution in [3.8, 4) is 33.6 Å². The Labute approximate surface area is 259 Å². The fourth-order valence-electron chi connectivity index (χ4n) is 5.29. The molecule has 0 atom stereocenters. The molecule has 0 fully saturated rings. The SMILES string of the molecule is CC(C)(C)CC(=O)Nc1cncc(-c2cnc3n[nH]c(-c4cc5c(-c6cc(F)cc(CCS(C)(=O)=O)c6)cncc5[nH]4)c3c2)c1. The van der Waals surface area contributed by atoms with Crippen molar-refractivity contribution in [1.82, 2.24) is 30.1 Å². The molecule has 3 N–H and O–H groups in total. The summed E-state index contributed by atoms with van der Waals surface area (Å²) in [7, 11) is -3.20. The Morgan fingerprint density at radius 1 is 0.911 bits per heavy atom. The number of nitrogens with one attached hydrogen (secondary N) is 3. The number of aromatic nitrogens is 6. The maximum absolute atomic E-state index is 14.6. The van der Waals surface area contributed by atoms with Crippen LogP contribution in [0.3, 0.4) is 0 Å². The van der Waals surface area contributed by atoms with E-state index in [2.05, 4.69) is 35.5 Å². The Hall–Kier alpha value is -4.97. The molecule has 10 nitrogen and oxygen atoms in total. The van der Waals surface area contributed by atoms with E-state index in [1.54, 1.807) is 37.1 Å². The summed E-state index contributed by atoms with van der Waals surface area (Å²) in [5.74, 6) is -0.598. The number of anilines is 1. The van der Waals surface area contributed by atoms with Crippen molar-refractivity contribution < 1.29 is 17.6 Å². The lowest BCUT2D eigenvalue weighted by Crippen LogP contribution is -2.19. The molecule has 1 amide bonds. The molecule has 230 valence electrons. The van der Waals surface area contributed by atoms with Crippen LogP contribution in [0.2, 0.25) is 0 Å². The quantitative estimate of drug-likeness (QED) is 0.179. The Balaban J connectivity index is 1.34. The zero-order valence-corrected chi connectivity index (χ0v) is 26.1. The number of halogens is 1. The van der Waals surface area contributed by atoms with Crippen LogP contribution in [-0.4, -0.2) is 56.5 Å². The lowest BCUT2D eigenvalue weighted by Gasteiger charge is -2.17. The number of aromatic amines is 2. The van der Waals surface area contributed by atoms with Crippen LogP contribution in [-0.2, 0) is 21.1 Å². The van der Waals surface area contributed by atoms with Gasteiger partial charge < -0.3 is 10.3 Å². The Bertz CT molecular complexity index is 2180. The van der Waals surface area contributed by atoms with Gasteiger partial charge in [0.05, 0.1) is 40.7 Å². The number of pyridine rings is 3. The average Bonchev–Trinajstić information content (AvgIpc) is 3.58. The van der Waals surface area contributed by atoms with Crippen molar-refractivity contribution in [2.24, 2.45) is 5.41 Å². The van der Waals surface area contributed by atoms with Gasteiger partial charge in [0.15, 0.2) is 5.65 Å². The molecular formula is C33H32FN7O3S. The maximum atomic E-state index is 14.6. The van der Waals surface area contributed by atoms with Gasteiger partial charge >= 0.3 is 0 Å².